The number of nitrogens with zero attached hydrogens (tertiary/aromatic N) is 4. The Kier molecular flexibility index (Phi) is 7.01. The molecule has 0 saturated carbocycles. The summed E-state index contributed by atoms with van der Waals surface area (Å²) in [6.45, 7) is 0.833. The second kappa shape index (κ2) is 11.4. The number of methoxy groups -OCH3 is 2. The third-order valence-corrected chi connectivity index (χ3v) is 7.81. The second-order valence-electron chi connectivity index (χ2n) is 10.4. The quantitative estimate of drug-likeness (QED) is 0.187. The Balaban J connectivity index is 1.20. The van der Waals surface area contributed by atoms with Crippen molar-refractivity contribution in [3.05, 3.63) is 127 Å². The van der Waals surface area contributed by atoms with E-state index in [-0.39, 0.29) is 0 Å². The van der Waals surface area contributed by atoms with E-state index in [4.69, 9.17) is 24.4 Å². The summed E-state index contributed by atoms with van der Waals surface area (Å²) in [7, 11) is 3.40. The summed E-state index contributed by atoms with van der Waals surface area (Å²) in [5, 5.41) is 2.31. The van der Waals surface area contributed by atoms with E-state index >= 15 is 0 Å². The topological polar surface area (TPSA) is 62.1 Å². The van der Waals surface area contributed by atoms with Crippen molar-refractivity contribution >= 4 is 21.8 Å². The van der Waals surface area contributed by atoms with Gasteiger partial charge in [0.1, 0.15) is 11.5 Å². The van der Waals surface area contributed by atoms with Crippen LogP contribution in [0.3, 0.4) is 0 Å². The van der Waals surface area contributed by atoms with Crippen LogP contribution in [-0.2, 0) is 13.0 Å². The van der Waals surface area contributed by atoms with Crippen LogP contribution in [0.5, 0.6) is 11.5 Å². The maximum Gasteiger partial charge on any atom is 0.164 e. The zero-order valence-electron chi connectivity index (χ0n) is 24.1. The molecule has 7 aromatic rings. The van der Waals surface area contributed by atoms with E-state index in [1.165, 1.54) is 16.6 Å². The lowest BCUT2D eigenvalue weighted by Crippen LogP contribution is -2.02. The van der Waals surface area contributed by atoms with Crippen LogP contribution in [0.25, 0.3) is 56.0 Å². The monoisotopic (exact) mass is 562 g/mol. The van der Waals surface area contributed by atoms with Gasteiger partial charge in [0.25, 0.3) is 0 Å². The smallest absolute Gasteiger partial charge is 0.164 e. The van der Waals surface area contributed by atoms with Crippen molar-refractivity contribution in [1.29, 1.82) is 0 Å². The SMILES string of the molecule is COc1ccc2c(c1)c1cc(OC)ccc1n2CCc1ccc(-c2nc(-c3ccccc3)nc(-c3ccccc3)n2)cc1. The predicted molar refractivity (Wildman–Crippen MR) is 172 cm³/mol. The van der Waals surface area contributed by atoms with Gasteiger partial charge in [-0.05, 0) is 48.4 Å². The van der Waals surface area contributed by atoms with E-state index in [0.717, 1.165) is 51.9 Å². The fourth-order valence-corrected chi connectivity index (χ4v) is 5.56. The molecule has 0 bridgehead atoms. The van der Waals surface area contributed by atoms with Gasteiger partial charge in [0.05, 0.1) is 14.2 Å². The molecule has 5 aromatic carbocycles. The molecule has 0 amide bonds. The highest BCUT2D eigenvalue weighted by Gasteiger charge is 2.14. The first-order chi connectivity index (χ1) is 21.2. The van der Waals surface area contributed by atoms with Crippen molar-refractivity contribution < 1.29 is 9.47 Å². The third kappa shape index (κ3) is 5.19. The van der Waals surface area contributed by atoms with Gasteiger partial charge in [0, 0.05) is 45.0 Å². The summed E-state index contributed by atoms with van der Waals surface area (Å²) >= 11 is 0. The Morgan fingerprint density at radius 2 is 0.953 bits per heavy atom. The molecule has 43 heavy (non-hydrogen) atoms. The number of aryl methyl sites for hydroxylation is 2. The lowest BCUT2D eigenvalue weighted by molar-refractivity contribution is 0.415. The van der Waals surface area contributed by atoms with Gasteiger partial charge in [-0.2, -0.15) is 0 Å². The van der Waals surface area contributed by atoms with Crippen LogP contribution in [-0.4, -0.2) is 33.7 Å². The fourth-order valence-electron chi connectivity index (χ4n) is 5.56. The minimum atomic E-state index is 0.657. The largest absolute Gasteiger partial charge is 0.497 e. The highest BCUT2D eigenvalue weighted by Crippen LogP contribution is 2.34. The molecule has 0 radical (unpaired) electrons. The summed E-state index contributed by atoms with van der Waals surface area (Å²) < 4.78 is 13.4. The highest BCUT2D eigenvalue weighted by molar-refractivity contribution is 6.09. The number of aromatic nitrogens is 4. The van der Waals surface area contributed by atoms with E-state index < -0.39 is 0 Å². The first kappa shape index (κ1) is 26.4. The van der Waals surface area contributed by atoms with E-state index in [9.17, 15) is 0 Å². The van der Waals surface area contributed by atoms with E-state index in [1.807, 2.05) is 72.8 Å². The lowest BCUT2D eigenvalue weighted by Gasteiger charge is -2.10. The molecule has 0 unspecified atom stereocenters. The molecule has 0 saturated heterocycles. The average Bonchev–Trinajstić information content (AvgIpc) is 3.40. The number of hydrogen-bond donors (Lipinski definition) is 0. The molecule has 210 valence electrons. The molecule has 6 nitrogen and oxygen atoms in total. The van der Waals surface area contributed by atoms with Crippen LogP contribution in [0.1, 0.15) is 5.56 Å². The summed E-state index contributed by atoms with van der Waals surface area (Å²) in [5.41, 5.74) is 6.46. The Bertz CT molecular complexity index is 1920. The van der Waals surface area contributed by atoms with Crippen LogP contribution >= 0.6 is 0 Å². The van der Waals surface area contributed by atoms with Crippen LogP contribution in [0.2, 0.25) is 0 Å². The number of fused-ring (bicyclic) bond motifs is 3. The molecule has 2 heterocycles. The van der Waals surface area contributed by atoms with Crippen LogP contribution < -0.4 is 9.47 Å². The maximum absolute atomic E-state index is 5.52. The molecule has 0 aliphatic carbocycles. The van der Waals surface area contributed by atoms with E-state index in [2.05, 4.69) is 53.1 Å². The van der Waals surface area contributed by atoms with Gasteiger partial charge < -0.3 is 14.0 Å². The van der Waals surface area contributed by atoms with Crippen molar-refractivity contribution in [2.45, 2.75) is 13.0 Å². The molecule has 0 aliphatic heterocycles. The van der Waals surface area contributed by atoms with Gasteiger partial charge >= 0.3 is 0 Å². The number of ether oxygens (including phenoxy) is 2. The molecular weight excluding hydrogens is 532 g/mol. The minimum Gasteiger partial charge on any atom is -0.497 e. The zero-order valence-corrected chi connectivity index (χ0v) is 24.1. The number of hydrogen-bond acceptors (Lipinski definition) is 5. The van der Waals surface area contributed by atoms with Gasteiger partial charge in [-0.1, -0.05) is 84.9 Å². The summed E-state index contributed by atoms with van der Waals surface area (Å²) in [4.78, 5) is 14.5. The van der Waals surface area contributed by atoms with Crippen molar-refractivity contribution in [3.63, 3.8) is 0 Å². The molecular formula is C37H30N4O2. The maximum atomic E-state index is 5.52. The molecule has 6 heteroatoms. The Hall–Kier alpha value is -5.49. The molecule has 0 fully saturated rings. The Morgan fingerprint density at radius 3 is 1.40 bits per heavy atom. The first-order valence-corrected chi connectivity index (χ1v) is 14.3. The van der Waals surface area contributed by atoms with Gasteiger partial charge in [0.2, 0.25) is 0 Å². The van der Waals surface area contributed by atoms with Crippen molar-refractivity contribution in [2.75, 3.05) is 14.2 Å². The Labute approximate surface area is 250 Å². The molecule has 7 rings (SSSR count). The van der Waals surface area contributed by atoms with Crippen LogP contribution in [0, 0.1) is 0 Å². The van der Waals surface area contributed by atoms with Gasteiger partial charge in [-0.15, -0.1) is 0 Å². The number of benzene rings is 5. The summed E-state index contributed by atoms with van der Waals surface area (Å²) in [5.74, 6) is 3.66. The van der Waals surface area contributed by atoms with Gasteiger partial charge in [-0.3, -0.25) is 0 Å². The second-order valence-corrected chi connectivity index (χ2v) is 10.4. The van der Waals surface area contributed by atoms with E-state index in [1.54, 1.807) is 14.2 Å². The summed E-state index contributed by atoms with van der Waals surface area (Å²) in [6.07, 6.45) is 0.874. The molecule has 2 aromatic heterocycles. The molecule has 0 aliphatic rings. The van der Waals surface area contributed by atoms with Crippen molar-refractivity contribution in [2.24, 2.45) is 0 Å². The minimum absolute atomic E-state index is 0.657. The van der Waals surface area contributed by atoms with Gasteiger partial charge in [0.15, 0.2) is 17.5 Å². The number of rotatable bonds is 8. The summed E-state index contributed by atoms with van der Waals surface area (Å²) in [6, 6.07) is 41.2. The lowest BCUT2D eigenvalue weighted by atomic mass is 10.1. The van der Waals surface area contributed by atoms with Crippen LogP contribution in [0.4, 0.5) is 0 Å². The standard InChI is InChI=1S/C37H30N4O2/c1-42-29-17-19-33-31(23-29)32-24-30(43-2)18-20-34(32)41(33)22-21-25-13-15-28(16-14-25)37-39-35(26-9-5-3-6-10-26)38-36(40-37)27-11-7-4-8-12-27/h3-20,23-24H,21-22H2,1-2H3. The first-order valence-electron chi connectivity index (χ1n) is 14.3. The molecule has 0 N–H and O–H groups in total. The molecule has 0 atom stereocenters. The van der Waals surface area contributed by atoms with Crippen LogP contribution in [0.15, 0.2) is 121 Å². The third-order valence-electron chi connectivity index (χ3n) is 7.81. The fraction of sp³-hybridized carbons (Fsp3) is 0.108. The van der Waals surface area contributed by atoms with E-state index in [0.29, 0.717) is 17.5 Å². The average molecular weight is 563 g/mol. The van der Waals surface area contributed by atoms with Gasteiger partial charge in [-0.25, -0.2) is 15.0 Å². The normalized spacial score (nSPS) is 11.2. The Morgan fingerprint density at radius 1 is 0.512 bits per heavy atom. The van der Waals surface area contributed by atoms with Crippen molar-refractivity contribution in [3.8, 4) is 45.7 Å². The highest BCUT2D eigenvalue weighted by atomic mass is 16.5. The van der Waals surface area contributed by atoms with Crippen molar-refractivity contribution in [1.82, 2.24) is 19.5 Å². The zero-order chi connectivity index (χ0) is 29.2. The molecule has 0 spiro atoms. The predicted octanol–water partition coefficient (Wildman–Crippen LogP) is 8.24.